The molecule has 0 bridgehead atoms. The van der Waals surface area contributed by atoms with Crippen LogP contribution in [0.1, 0.15) is 23.7 Å². The van der Waals surface area contributed by atoms with Crippen molar-refractivity contribution < 1.29 is 4.74 Å². The van der Waals surface area contributed by atoms with E-state index in [-0.39, 0.29) is 6.04 Å². The highest BCUT2D eigenvalue weighted by Crippen LogP contribution is 2.33. The number of nitrogens with one attached hydrogen (secondary N) is 1. The number of benzene rings is 3. The highest BCUT2D eigenvalue weighted by molar-refractivity contribution is 7.13. The molecule has 0 saturated heterocycles. The standard InChI is InChI=1S/C24H24ClN3OS/c1-29-22-10-9-18(25)14-20(22)17-6-4-5-16(13-17)15-27-12-11-21(26)24-19-7-2-3-8-23(19)30-28-24/h2-10,13-14,21,27H,11-12,15,26H2,1H3. The van der Waals surface area contributed by atoms with Crippen molar-refractivity contribution in [3.8, 4) is 16.9 Å². The first kappa shape index (κ1) is 20.8. The van der Waals surface area contributed by atoms with Crippen LogP contribution in [0.5, 0.6) is 5.75 Å². The molecule has 0 radical (unpaired) electrons. The zero-order chi connectivity index (χ0) is 20.9. The number of hydrogen-bond donors (Lipinski definition) is 2. The van der Waals surface area contributed by atoms with Gasteiger partial charge in [-0.05, 0) is 66.0 Å². The van der Waals surface area contributed by atoms with Crippen LogP contribution in [0.25, 0.3) is 21.2 Å². The molecule has 0 aliphatic rings. The van der Waals surface area contributed by atoms with Crippen molar-refractivity contribution in [3.63, 3.8) is 0 Å². The summed E-state index contributed by atoms with van der Waals surface area (Å²) in [6, 6.07) is 22.2. The van der Waals surface area contributed by atoms with Gasteiger partial charge in [-0.3, -0.25) is 0 Å². The van der Waals surface area contributed by atoms with E-state index in [2.05, 4.69) is 46.1 Å². The van der Waals surface area contributed by atoms with Gasteiger partial charge in [0.2, 0.25) is 0 Å². The highest BCUT2D eigenvalue weighted by atomic mass is 35.5. The van der Waals surface area contributed by atoms with Crippen molar-refractivity contribution in [3.05, 3.63) is 83.0 Å². The maximum Gasteiger partial charge on any atom is 0.126 e. The molecule has 6 heteroatoms. The van der Waals surface area contributed by atoms with Gasteiger partial charge in [0.25, 0.3) is 0 Å². The quantitative estimate of drug-likeness (QED) is 0.342. The van der Waals surface area contributed by atoms with Crippen molar-refractivity contribution in [2.75, 3.05) is 13.7 Å². The number of nitrogens with two attached hydrogens (primary N) is 1. The average molecular weight is 438 g/mol. The van der Waals surface area contributed by atoms with Crippen LogP contribution >= 0.6 is 23.1 Å². The first-order valence-electron chi connectivity index (χ1n) is 9.89. The molecule has 1 unspecified atom stereocenters. The third kappa shape index (κ3) is 4.65. The summed E-state index contributed by atoms with van der Waals surface area (Å²) in [5.74, 6) is 0.811. The number of fused-ring (bicyclic) bond motifs is 1. The number of methoxy groups -OCH3 is 1. The molecule has 0 aliphatic heterocycles. The van der Waals surface area contributed by atoms with Gasteiger partial charge >= 0.3 is 0 Å². The van der Waals surface area contributed by atoms with Crippen molar-refractivity contribution >= 4 is 33.2 Å². The van der Waals surface area contributed by atoms with Crippen LogP contribution in [0.3, 0.4) is 0 Å². The summed E-state index contributed by atoms with van der Waals surface area (Å²) in [5.41, 5.74) is 10.7. The smallest absolute Gasteiger partial charge is 0.126 e. The largest absolute Gasteiger partial charge is 0.496 e. The van der Waals surface area contributed by atoms with E-state index in [1.807, 2.05) is 30.3 Å². The van der Waals surface area contributed by atoms with Crippen molar-refractivity contribution in [2.45, 2.75) is 19.0 Å². The molecule has 4 nitrogen and oxygen atoms in total. The van der Waals surface area contributed by atoms with Crippen LogP contribution in [-0.4, -0.2) is 18.0 Å². The van der Waals surface area contributed by atoms with E-state index in [4.69, 9.17) is 22.1 Å². The average Bonchev–Trinajstić information content (AvgIpc) is 3.21. The number of hydrogen-bond acceptors (Lipinski definition) is 5. The first-order chi connectivity index (χ1) is 14.7. The lowest BCUT2D eigenvalue weighted by Gasteiger charge is -2.12. The summed E-state index contributed by atoms with van der Waals surface area (Å²) in [6.45, 7) is 1.58. The molecule has 0 saturated carbocycles. The third-order valence-electron chi connectivity index (χ3n) is 5.12. The Morgan fingerprint density at radius 1 is 1.10 bits per heavy atom. The van der Waals surface area contributed by atoms with Gasteiger partial charge in [0.05, 0.1) is 17.5 Å². The Hall–Kier alpha value is -2.44. The summed E-state index contributed by atoms with van der Waals surface area (Å²) >= 11 is 7.70. The Morgan fingerprint density at radius 2 is 1.97 bits per heavy atom. The summed E-state index contributed by atoms with van der Waals surface area (Å²) in [5, 5.41) is 5.36. The van der Waals surface area contributed by atoms with Crippen LogP contribution in [0.2, 0.25) is 5.02 Å². The molecule has 1 atom stereocenters. The van der Waals surface area contributed by atoms with Gasteiger partial charge in [0.1, 0.15) is 5.75 Å². The second kappa shape index (κ2) is 9.58. The predicted octanol–water partition coefficient (Wildman–Crippen LogP) is 5.81. The number of ether oxygens (including phenoxy) is 1. The van der Waals surface area contributed by atoms with E-state index in [1.165, 1.54) is 21.8 Å². The van der Waals surface area contributed by atoms with Crippen LogP contribution < -0.4 is 15.8 Å². The van der Waals surface area contributed by atoms with Gasteiger partial charge in [-0.15, -0.1) is 0 Å². The lowest BCUT2D eigenvalue weighted by Crippen LogP contribution is -2.21. The molecule has 3 aromatic carbocycles. The normalized spacial score (nSPS) is 12.2. The number of halogens is 1. The molecule has 3 N–H and O–H groups in total. The summed E-state index contributed by atoms with van der Waals surface area (Å²) in [7, 11) is 1.67. The monoisotopic (exact) mass is 437 g/mol. The van der Waals surface area contributed by atoms with Gasteiger partial charge in [-0.2, -0.15) is 4.37 Å². The fraction of sp³-hybridized carbons (Fsp3) is 0.208. The Bertz CT molecular complexity index is 1140. The number of nitrogens with zero attached hydrogens (tertiary/aromatic N) is 1. The van der Waals surface area contributed by atoms with Gasteiger partial charge < -0.3 is 15.8 Å². The first-order valence-corrected chi connectivity index (χ1v) is 11.0. The van der Waals surface area contributed by atoms with E-state index < -0.39 is 0 Å². The molecule has 0 fully saturated rings. The summed E-state index contributed by atoms with van der Waals surface area (Å²) in [6.07, 6.45) is 0.829. The molecule has 0 amide bonds. The lowest BCUT2D eigenvalue weighted by atomic mass is 10.0. The molecule has 0 aliphatic carbocycles. The van der Waals surface area contributed by atoms with E-state index in [0.29, 0.717) is 5.02 Å². The molecule has 1 heterocycles. The van der Waals surface area contributed by atoms with Crippen molar-refractivity contribution in [1.29, 1.82) is 0 Å². The van der Waals surface area contributed by atoms with Gasteiger partial charge in [0.15, 0.2) is 0 Å². The fourth-order valence-electron chi connectivity index (χ4n) is 3.55. The van der Waals surface area contributed by atoms with Crippen LogP contribution in [0.4, 0.5) is 0 Å². The molecular formula is C24H24ClN3OS. The van der Waals surface area contributed by atoms with Crippen LogP contribution in [0.15, 0.2) is 66.7 Å². The maximum absolute atomic E-state index is 6.41. The Kier molecular flexibility index (Phi) is 6.65. The van der Waals surface area contributed by atoms with Gasteiger partial charge in [0, 0.05) is 28.6 Å². The van der Waals surface area contributed by atoms with Gasteiger partial charge in [-0.25, -0.2) is 0 Å². The minimum Gasteiger partial charge on any atom is -0.496 e. The second-order valence-corrected chi connectivity index (χ2v) is 8.42. The minimum atomic E-state index is -0.0734. The predicted molar refractivity (Wildman–Crippen MR) is 126 cm³/mol. The van der Waals surface area contributed by atoms with Crippen LogP contribution in [0, 0.1) is 0 Å². The van der Waals surface area contributed by atoms with E-state index in [9.17, 15) is 0 Å². The molecule has 4 aromatic rings. The van der Waals surface area contributed by atoms with Crippen LogP contribution in [-0.2, 0) is 6.54 Å². The minimum absolute atomic E-state index is 0.0734. The van der Waals surface area contributed by atoms with Gasteiger partial charge in [-0.1, -0.05) is 48.0 Å². The Morgan fingerprint density at radius 3 is 2.83 bits per heavy atom. The van der Waals surface area contributed by atoms with E-state index in [1.54, 1.807) is 7.11 Å². The van der Waals surface area contributed by atoms with Crippen molar-refractivity contribution in [2.24, 2.45) is 5.73 Å². The molecule has 154 valence electrons. The van der Waals surface area contributed by atoms with E-state index in [0.717, 1.165) is 47.5 Å². The fourth-order valence-corrected chi connectivity index (χ4v) is 4.57. The summed E-state index contributed by atoms with van der Waals surface area (Å²) < 4.78 is 11.2. The molecule has 4 rings (SSSR count). The second-order valence-electron chi connectivity index (χ2n) is 7.18. The zero-order valence-corrected chi connectivity index (χ0v) is 18.3. The maximum atomic E-state index is 6.41. The lowest BCUT2D eigenvalue weighted by molar-refractivity contribution is 0.416. The topological polar surface area (TPSA) is 60.2 Å². The number of rotatable bonds is 8. The Balaban J connectivity index is 1.37. The van der Waals surface area contributed by atoms with E-state index >= 15 is 0 Å². The summed E-state index contributed by atoms with van der Waals surface area (Å²) in [4.78, 5) is 0. The SMILES string of the molecule is COc1ccc(Cl)cc1-c1cccc(CNCCC(N)c2nsc3ccccc23)c1. The molecule has 1 aromatic heterocycles. The molecule has 30 heavy (non-hydrogen) atoms. The third-order valence-corrected chi connectivity index (χ3v) is 6.19. The number of aromatic nitrogens is 1. The zero-order valence-electron chi connectivity index (χ0n) is 16.8. The van der Waals surface area contributed by atoms with Crippen molar-refractivity contribution in [1.82, 2.24) is 9.69 Å². The Labute approximate surface area is 185 Å². The molecule has 0 spiro atoms. The highest BCUT2D eigenvalue weighted by Gasteiger charge is 2.13. The molecular weight excluding hydrogens is 414 g/mol.